The molecule has 0 saturated heterocycles. The van der Waals surface area contributed by atoms with Crippen molar-refractivity contribution in [2.75, 3.05) is 13.2 Å². The van der Waals surface area contributed by atoms with E-state index in [0.29, 0.717) is 19.2 Å². The topological polar surface area (TPSA) is 57.3 Å². The summed E-state index contributed by atoms with van der Waals surface area (Å²) in [5.74, 6) is 0.890. The van der Waals surface area contributed by atoms with Gasteiger partial charge in [-0.2, -0.15) is 0 Å². The molecule has 1 unspecified atom stereocenters. The van der Waals surface area contributed by atoms with Crippen molar-refractivity contribution < 1.29 is 9.84 Å². The molecule has 22 heavy (non-hydrogen) atoms. The van der Waals surface area contributed by atoms with Crippen LogP contribution in [0.4, 0.5) is 0 Å². The second kappa shape index (κ2) is 12.3. The van der Waals surface area contributed by atoms with E-state index in [0.717, 1.165) is 24.2 Å². The summed E-state index contributed by atoms with van der Waals surface area (Å²) in [6, 6.07) is 2.41. The van der Waals surface area contributed by atoms with Crippen LogP contribution in [0.5, 0.6) is 0 Å². The molecule has 1 aromatic rings. The summed E-state index contributed by atoms with van der Waals surface area (Å²) in [7, 11) is 0. The standard InChI is InChI=1S/C14H22N2O2.2C2H6/c1-10(2)16-8-11(17)9-18-14-5-3-4-13-12(14)6-7-15-13;2*1-2/h5-7,10-11,15-17H,3-4,8-9H2,1-2H3;2*1-2H3. The Morgan fingerprint density at radius 1 is 1.27 bits per heavy atom. The van der Waals surface area contributed by atoms with Crippen LogP contribution in [0.25, 0.3) is 5.76 Å². The monoisotopic (exact) mass is 310 g/mol. The Kier molecular flexibility index (Phi) is 11.6. The van der Waals surface area contributed by atoms with Crippen molar-refractivity contribution in [1.29, 1.82) is 0 Å². The summed E-state index contributed by atoms with van der Waals surface area (Å²) in [6.45, 7) is 13.0. The van der Waals surface area contributed by atoms with Gasteiger partial charge in [0.2, 0.25) is 0 Å². The Morgan fingerprint density at radius 3 is 2.59 bits per heavy atom. The van der Waals surface area contributed by atoms with Crippen LogP contribution in [0.1, 0.15) is 59.2 Å². The normalized spacial score (nSPS) is 13.9. The number of hydrogen-bond donors (Lipinski definition) is 3. The molecule has 0 aliphatic heterocycles. The van der Waals surface area contributed by atoms with Crippen molar-refractivity contribution in [1.82, 2.24) is 10.3 Å². The second-order valence-electron chi connectivity index (χ2n) is 5.00. The summed E-state index contributed by atoms with van der Waals surface area (Å²) in [5.41, 5.74) is 2.35. The molecule has 128 valence electrons. The van der Waals surface area contributed by atoms with Gasteiger partial charge in [0.1, 0.15) is 18.5 Å². The van der Waals surface area contributed by atoms with E-state index >= 15 is 0 Å². The Balaban J connectivity index is 0.00000102. The average Bonchev–Trinajstić information content (AvgIpc) is 3.04. The van der Waals surface area contributed by atoms with Crippen LogP contribution in [-0.4, -0.2) is 35.4 Å². The molecule has 4 heteroatoms. The quantitative estimate of drug-likeness (QED) is 0.750. The summed E-state index contributed by atoms with van der Waals surface area (Å²) in [5, 5.41) is 13.0. The molecule has 0 bridgehead atoms. The van der Waals surface area contributed by atoms with Crippen LogP contribution >= 0.6 is 0 Å². The third kappa shape index (κ3) is 7.14. The molecule has 1 aromatic heterocycles. The highest BCUT2D eigenvalue weighted by molar-refractivity contribution is 5.63. The van der Waals surface area contributed by atoms with Crippen molar-refractivity contribution >= 4 is 5.76 Å². The molecule has 1 heterocycles. The van der Waals surface area contributed by atoms with Crippen LogP contribution in [0.15, 0.2) is 18.3 Å². The van der Waals surface area contributed by atoms with Gasteiger partial charge in [-0.3, -0.25) is 0 Å². The van der Waals surface area contributed by atoms with E-state index in [1.165, 1.54) is 5.69 Å². The molecule has 0 spiro atoms. The van der Waals surface area contributed by atoms with Gasteiger partial charge in [0, 0.05) is 30.0 Å². The lowest BCUT2D eigenvalue weighted by Gasteiger charge is -2.18. The van der Waals surface area contributed by atoms with Gasteiger partial charge in [-0.05, 0) is 25.0 Å². The van der Waals surface area contributed by atoms with E-state index in [4.69, 9.17) is 4.74 Å². The number of aromatic amines is 1. The third-order valence-electron chi connectivity index (χ3n) is 3.02. The minimum absolute atomic E-state index is 0.330. The number of rotatable bonds is 6. The lowest BCUT2D eigenvalue weighted by atomic mass is 10.0. The molecule has 1 aliphatic carbocycles. The van der Waals surface area contributed by atoms with Crippen molar-refractivity contribution in [2.24, 2.45) is 0 Å². The minimum Gasteiger partial charge on any atom is -0.490 e. The fourth-order valence-electron chi connectivity index (χ4n) is 2.05. The van der Waals surface area contributed by atoms with Crippen LogP contribution in [0.2, 0.25) is 0 Å². The number of fused-ring (bicyclic) bond motifs is 1. The zero-order chi connectivity index (χ0) is 17.0. The van der Waals surface area contributed by atoms with Crippen molar-refractivity contribution in [2.45, 2.75) is 66.5 Å². The zero-order valence-corrected chi connectivity index (χ0v) is 15.1. The largest absolute Gasteiger partial charge is 0.490 e. The maximum atomic E-state index is 9.80. The fraction of sp³-hybridized carbons (Fsp3) is 0.667. The molecule has 0 saturated carbocycles. The highest BCUT2D eigenvalue weighted by atomic mass is 16.5. The number of nitrogens with one attached hydrogen (secondary N) is 2. The number of aliphatic hydroxyl groups excluding tert-OH is 1. The zero-order valence-electron chi connectivity index (χ0n) is 15.1. The molecule has 1 atom stereocenters. The highest BCUT2D eigenvalue weighted by Crippen LogP contribution is 2.26. The first-order chi connectivity index (χ1) is 10.7. The molecule has 1 aliphatic rings. The lowest BCUT2D eigenvalue weighted by Crippen LogP contribution is -2.34. The summed E-state index contributed by atoms with van der Waals surface area (Å²) < 4.78 is 5.71. The van der Waals surface area contributed by atoms with Crippen LogP contribution in [0, 0.1) is 0 Å². The maximum Gasteiger partial charge on any atom is 0.124 e. The molecule has 4 nitrogen and oxygen atoms in total. The van der Waals surface area contributed by atoms with Gasteiger partial charge in [-0.1, -0.05) is 41.5 Å². The Bertz CT molecular complexity index is 411. The van der Waals surface area contributed by atoms with E-state index in [1.807, 2.05) is 40.0 Å². The molecule has 2 rings (SSSR count). The predicted octanol–water partition coefficient (Wildman–Crippen LogP) is 3.73. The van der Waals surface area contributed by atoms with E-state index in [2.05, 4.69) is 30.2 Å². The number of aromatic nitrogens is 1. The van der Waals surface area contributed by atoms with Crippen molar-refractivity contribution in [3.05, 3.63) is 29.6 Å². The Hall–Kier alpha value is -1.26. The third-order valence-corrected chi connectivity index (χ3v) is 3.02. The first-order valence-corrected chi connectivity index (χ1v) is 8.58. The smallest absolute Gasteiger partial charge is 0.124 e. The van der Waals surface area contributed by atoms with E-state index in [-0.39, 0.29) is 0 Å². The molecular formula is C18H34N2O2. The molecule has 0 amide bonds. The van der Waals surface area contributed by atoms with E-state index in [1.54, 1.807) is 0 Å². The SMILES string of the molecule is CC.CC.CC(C)NCC(O)COC1=CCCc2[nH]ccc21. The number of hydrogen-bond acceptors (Lipinski definition) is 3. The first-order valence-electron chi connectivity index (χ1n) is 8.58. The molecule has 3 N–H and O–H groups in total. The van der Waals surface area contributed by atoms with Gasteiger partial charge in [0.25, 0.3) is 0 Å². The average molecular weight is 310 g/mol. The fourth-order valence-corrected chi connectivity index (χ4v) is 2.05. The lowest BCUT2D eigenvalue weighted by molar-refractivity contribution is 0.0908. The van der Waals surface area contributed by atoms with Crippen LogP contribution < -0.4 is 5.32 Å². The number of aryl methyl sites for hydroxylation is 1. The summed E-state index contributed by atoms with van der Waals surface area (Å²) in [4.78, 5) is 3.22. The molecule has 0 aromatic carbocycles. The van der Waals surface area contributed by atoms with Gasteiger partial charge >= 0.3 is 0 Å². The molecular weight excluding hydrogens is 276 g/mol. The number of aliphatic hydroxyl groups is 1. The summed E-state index contributed by atoms with van der Waals surface area (Å²) in [6.07, 6.45) is 5.58. The van der Waals surface area contributed by atoms with E-state index in [9.17, 15) is 5.11 Å². The van der Waals surface area contributed by atoms with Gasteiger partial charge in [-0.15, -0.1) is 0 Å². The summed E-state index contributed by atoms with van der Waals surface area (Å²) >= 11 is 0. The number of ether oxygens (including phenoxy) is 1. The Labute approximate surface area is 136 Å². The van der Waals surface area contributed by atoms with Crippen LogP contribution in [0.3, 0.4) is 0 Å². The highest BCUT2D eigenvalue weighted by Gasteiger charge is 2.15. The maximum absolute atomic E-state index is 9.80. The van der Waals surface area contributed by atoms with E-state index < -0.39 is 6.10 Å². The van der Waals surface area contributed by atoms with Crippen LogP contribution in [-0.2, 0) is 11.2 Å². The first kappa shape index (κ1) is 20.7. The van der Waals surface area contributed by atoms with Crippen molar-refractivity contribution in [3.63, 3.8) is 0 Å². The van der Waals surface area contributed by atoms with Gasteiger partial charge < -0.3 is 20.1 Å². The molecule has 0 fully saturated rings. The number of allylic oxidation sites excluding steroid dienone is 1. The predicted molar refractivity (Wildman–Crippen MR) is 94.9 cm³/mol. The number of H-pyrrole nitrogens is 1. The van der Waals surface area contributed by atoms with Gasteiger partial charge in [0.05, 0.1) is 0 Å². The Morgan fingerprint density at radius 2 is 1.95 bits per heavy atom. The molecule has 0 radical (unpaired) electrons. The van der Waals surface area contributed by atoms with Gasteiger partial charge in [-0.25, -0.2) is 0 Å². The second-order valence-corrected chi connectivity index (χ2v) is 5.00. The van der Waals surface area contributed by atoms with Crippen molar-refractivity contribution in [3.8, 4) is 0 Å². The van der Waals surface area contributed by atoms with Gasteiger partial charge in [0.15, 0.2) is 0 Å². The minimum atomic E-state index is -0.474.